The second-order valence-electron chi connectivity index (χ2n) is 8.94. The minimum absolute atomic E-state index is 0.102. The van der Waals surface area contributed by atoms with E-state index < -0.39 is 23.8 Å². The second-order valence-corrected chi connectivity index (χ2v) is 8.94. The molecule has 7 nitrogen and oxygen atoms in total. The van der Waals surface area contributed by atoms with Crippen LogP contribution in [0.15, 0.2) is 30.3 Å². The molecule has 1 amide bonds. The van der Waals surface area contributed by atoms with Crippen LogP contribution < -0.4 is 14.8 Å². The highest BCUT2D eigenvalue weighted by Gasteiger charge is 2.31. The number of carbonyl (C=O) groups excluding carboxylic acids is 1. The lowest BCUT2D eigenvalue weighted by atomic mass is 10.0. The van der Waals surface area contributed by atoms with Crippen LogP contribution in [0.25, 0.3) is 10.9 Å². The molecule has 2 aromatic carbocycles. The van der Waals surface area contributed by atoms with Crippen LogP contribution >= 0.6 is 0 Å². The topological polar surface area (TPSA) is 76.6 Å². The number of anilines is 1. The molecular weight excluding hydrogens is 473 g/mol. The summed E-state index contributed by atoms with van der Waals surface area (Å²) in [6.45, 7) is 4.07. The van der Waals surface area contributed by atoms with Crippen molar-refractivity contribution in [1.29, 1.82) is 0 Å². The SMILES string of the molecule is COc1cc2nc(C)nc(N[C@H](C)c3cccc(C(F)F)c3F)c2cc1OCCN(C)C(=O)C1CC1. The number of halogens is 3. The molecule has 1 saturated carbocycles. The first-order valence-electron chi connectivity index (χ1n) is 11.8. The zero-order valence-corrected chi connectivity index (χ0v) is 20.6. The highest BCUT2D eigenvalue weighted by Crippen LogP contribution is 2.36. The molecule has 10 heteroatoms. The minimum atomic E-state index is -2.91. The van der Waals surface area contributed by atoms with Gasteiger partial charge in [-0.15, -0.1) is 0 Å². The quantitative estimate of drug-likeness (QED) is 0.398. The zero-order chi connectivity index (χ0) is 26.0. The number of carbonyl (C=O) groups is 1. The summed E-state index contributed by atoms with van der Waals surface area (Å²) in [5.74, 6) is 1.08. The van der Waals surface area contributed by atoms with Gasteiger partial charge in [0.2, 0.25) is 5.91 Å². The van der Waals surface area contributed by atoms with Crippen molar-refractivity contribution < 1.29 is 27.4 Å². The van der Waals surface area contributed by atoms with Crippen molar-refractivity contribution in [3.05, 3.63) is 53.1 Å². The van der Waals surface area contributed by atoms with Crippen molar-refractivity contribution in [3.63, 3.8) is 0 Å². The Kier molecular flexibility index (Phi) is 7.51. The molecule has 1 aliphatic carbocycles. The van der Waals surface area contributed by atoms with Crippen LogP contribution in [0.1, 0.15) is 49.2 Å². The van der Waals surface area contributed by atoms with Gasteiger partial charge in [-0.05, 0) is 32.8 Å². The standard InChI is InChI=1S/C26H29F3N4O3/c1-14(17-6-5-7-18(23(17)27)24(28)29)30-25-19-12-22(21(35-4)13-20(19)31-15(2)32-25)36-11-10-33(3)26(34)16-8-9-16/h5-7,12-14,16,24H,8-11H2,1-4H3,(H,30,31,32)/t14-/m1/s1. The van der Waals surface area contributed by atoms with Crippen LogP contribution in [0.4, 0.5) is 19.0 Å². The number of hydrogen-bond donors (Lipinski definition) is 1. The number of amides is 1. The number of nitrogens with zero attached hydrogens (tertiary/aromatic N) is 3. The van der Waals surface area contributed by atoms with Gasteiger partial charge in [-0.1, -0.05) is 18.2 Å². The van der Waals surface area contributed by atoms with Gasteiger partial charge in [-0.3, -0.25) is 4.79 Å². The minimum Gasteiger partial charge on any atom is -0.493 e. The fourth-order valence-electron chi connectivity index (χ4n) is 4.03. The third-order valence-electron chi connectivity index (χ3n) is 6.19. The van der Waals surface area contributed by atoms with Crippen molar-refractivity contribution in [2.75, 3.05) is 32.6 Å². The van der Waals surface area contributed by atoms with Gasteiger partial charge in [-0.25, -0.2) is 23.1 Å². The summed E-state index contributed by atoms with van der Waals surface area (Å²) in [6, 6.07) is 6.72. The van der Waals surface area contributed by atoms with Crippen molar-refractivity contribution in [2.45, 2.75) is 39.2 Å². The Hall–Kier alpha value is -3.56. The number of aromatic nitrogens is 2. The summed E-state index contributed by atoms with van der Waals surface area (Å²) in [7, 11) is 3.27. The van der Waals surface area contributed by atoms with Crippen LogP contribution in [0.2, 0.25) is 0 Å². The Bertz CT molecular complexity index is 1270. The lowest BCUT2D eigenvalue weighted by Gasteiger charge is -2.20. The number of fused-ring (bicyclic) bond motifs is 1. The van der Waals surface area contributed by atoms with Crippen molar-refractivity contribution in [3.8, 4) is 11.5 Å². The summed E-state index contributed by atoms with van der Waals surface area (Å²) in [5, 5.41) is 3.73. The highest BCUT2D eigenvalue weighted by atomic mass is 19.3. The Morgan fingerprint density at radius 2 is 1.92 bits per heavy atom. The Morgan fingerprint density at radius 1 is 1.19 bits per heavy atom. The molecule has 0 bridgehead atoms. The van der Waals surface area contributed by atoms with Gasteiger partial charge < -0.3 is 19.7 Å². The van der Waals surface area contributed by atoms with Crippen LogP contribution in [0.5, 0.6) is 11.5 Å². The maximum absolute atomic E-state index is 14.7. The van der Waals surface area contributed by atoms with Crippen LogP contribution in [0.3, 0.4) is 0 Å². The first kappa shape index (κ1) is 25.5. The first-order valence-corrected chi connectivity index (χ1v) is 11.8. The van der Waals surface area contributed by atoms with Gasteiger partial charge in [0.15, 0.2) is 11.5 Å². The second kappa shape index (κ2) is 10.6. The highest BCUT2D eigenvalue weighted by molar-refractivity contribution is 5.92. The molecule has 4 rings (SSSR count). The van der Waals surface area contributed by atoms with E-state index in [-0.39, 0.29) is 24.0 Å². The molecular formula is C26H29F3N4O3. The van der Waals surface area contributed by atoms with Crippen molar-refractivity contribution in [1.82, 2.24) is 14.9 Å². The molecule has 1 atom stereocenters. The third kappa shape index (κ3) is 5.47. The Morgan fingerprint density at radius 3 is 2.58 bits per heavy atom. The lowest BCUT2D eigenvalue weighted by molar-refractivity contribution is -0.131. The zero-order valence-electron chi connectivity index (χ0n) is 20.6. The van der Waals surface area contributed by atoms with E-state index in [0.717, 1.165) is 18.9 Å². The first-order chi connectivity index (χ1) is 17.2. The van der Waals surface area contributed by atoms with E-state index in [0.29, 0.717) is 40.6 Å². The molecule has 0 saturated heterocycles. The molecule has 0 aliphatic heterocycles. The fourth-order valence-corrected chi connectivity index (χ4v) is 4.03. The Balaban J connectivity index is 1.60. The molecule has 1 fully saturated rings. The van der Waals surface area contributed by atoms with Gasteiger partial charge >= 0.3 is 0 Å². The van der Waals surface area contributed by atoms with Gasteiger partial charge in [0, 0.05) is 30.0 Å². The summed E-state index contributed by atoms with van der Waals surface area (Å²) in [4.78, 5) is 22.8. The Labute approximate surface area is 207 Å². The molecule has 1 N–H and O–H groups in total. The molecule has 1 heterocycles. The number of hydrogen-bond acceptors (Lipinski definition) is 6. The summed E-state index contributed by atoms with van der Waals surface area (Å²) >= 11 is 0. The van der Waals surface area contributed by atoms with Gasteiger partial charge in [0.1, 0.15) is 24.1 Å². The third-order valence-corrected chi connectivity index (χ3v) is 6.19. The monoisotopic (exact) mass is 502 g/mol. The number of methoxy groups -OCH3 is 1. The number of likely N-dealkylation sites (N-methyl/N-ethyl adjacent to an activating group) is 1. The van der Waals surface area contributed by atoms with Crippen LogP contribution in [0, 0.1) is 18.7 Å². The largest absolute Gasteiger partial charge is 0.493 e. The molecule has 1 aromatic heterocycles. The smallest absolute Gasteiger partial charge is 0.266 e. The lowest BCUT2D eigenvalue weighted by Crippen LogP contribution is -2.31. The molecule has 36 heavy (non-hydrogen) atoms. The molecule has 3 aromatic rings. The van der Waals surface area contributed by atoms with E-state index >= 15 is 0 Å². The predicted octanol–water partition coefficient (Wildman–Crippen LogP) is 5.44. The maximum atomic E-state index is 14.7. The van der Waals surface area contributed by atoms with E-state index in [1.165, 1.54) is 19.2 Å². The van der Waals surface area contributed by atoms with E-state index in [4.69, 9.17) is 9.47 Å². The van der Waals surface area contributed by atoms with Crippen molar-refractivity contribution >= 4 is 22.6 Å². The van der Waals surface area contributed by atoms with E-state index in [1.54, 1.807) is 37.9 Å². The van der Waals surface area contributed by atoms with Gasteiger partial charge in [-0.2, -0.15) is 0 Å². The summed E-state index contributed by atoms with van der Waals surface area (Å²) in [6.07, 6.45) is -1.04. The van der Waals surface area contributed by atoms with Crippen LogP contribution in [-0.4, -0.2) is 48.1 Å². The van der Waals surface area contributed by atoms with E-state index in [9.17, 15) is 18.0 Å². The molecule has 0 spiro atoms. The maximum Gasteiger partial charge on any atom is 0.266 e. The van der Waals surface area contributed by atoms with Crippen molar-refractivity contribution in [2.24, 2.45) is 5.92 Å². The van der Waals surface area contributed by atoms with E-state index in [1.807, 2.05) is 0 Å². The molecule has 192 valence electrons. The van der Waals surface area contributed by atoms with Gasteiger partial charge in [0.05, 0.1) is 30.8 Å². The molecule has 0 unspecified atom stereocenters. The number of ether oxygens (including phenoxy) is 2. The number of nitrogens with one attached hydrogen (secondary N) is 1. The number of alkyl halides is 2. The number of aryl methyl sites for hydroxylation is 1. The average Bonchev–Trinajstić information content (AvgIpc) is 3.68. The fraction of sp³-hybridized carbons (Fsp3) is 0.423. The molecule has 0 radical (unpaired) electrons. The van der Waals surface area contributed by atoms with Crippen LogP contribution in [-0.2, 0) is 4.79 Å². The number of benzene rings is 2. The van der Waals surface area contributed by atoms with Gasteiger partial charge in [0.25, 0.3) is 6.43 Å². The summed E-state index contributed by atoms with van der Waals surface area (Å²) in [5.41, 5.74) is 0.0326. The van der Waals surface area contributed by atoms with E-state index in [2.05, 4.69) is 15.3 Å². The normalized spacial score (nSPS) is 14.1. The predicted molar refractivity (Wildman–Crippen MR) is 130 cm³/mol. The average molecular weight is 503 g/mol. The molecule has 1 aliphatic rings. The summed E-state index contributed by atoms with van der Waals surface area (Å²) < 4.78 is 52.5. The number of rotatable bonds is 10.